The molecule has 2 aromatic carbocycles. The standard InChI is InChI=1S/C26H24Cl3N3O3/c1-26(2,3)16-7-9-17(10-8-16)34-15-18-11-12-23(35-18)25(33)30-24-22(29)14-32(31-24)13-19-20(27)5-4-6-21(19)28/h4-12,14H,13,15H2,1-3H3,(H,30,31,33). The van der Waals surface area contributed by atoms with E-state index in [2.05, 4.69) is 31.2 Å². The molecule has 0 radical (unpaired) electrons. The Morgan fingerprint density at radius 3 is 2.34 bits per heavy atom. The highest BCUT2D eigenvalue weighted by atomic mass is 35.5. The van der Waals surface area contributed by atoms with Gasteiger partial charge in [0.15, 0.2) is 11.6 Å². The summed E-state index contributed by atoms with van der Waals surface area (Å²) in [5, 5.41) is 8.31. The molecule has 0 aliphatic rings. The number of nitrogens with one attached hydrogen (secondary N) is 1. The van der Waals surface area contributed by atoms with Gasteiger partial charge in [0, 0.05) is 21.8 Å². The van der Waals surface area contributed by atoms with Crippen molar-refractivity contribution in [2.24, 2.45) is 0 Å². The maximum absolute atomic E-state index is 12.7. The van der Waals surface area contributed by atoms with E-state index < -0.39 is 5.91 Å². The second-order valence-corrected chi connectivity index (χ2v) is 10.2. The highest BCUT2D eigenvalue weighted by Crippen LogP contribution is 2.28. The normalized spacial score (nSPS) is 11.5. The lowest BCUT2D eigenvalue weighted by atomic mass is 9.87. The number of furan rings is 1. The van der Waals surface area contributed by atoms with Crippen LogP contribution in [0.3, 0.4) is 0 Å². The number of hydrogen-bond donors (Lipinski definition) is 1. The molecule has 9 heteroatoms. The minimum Gasteiger partial charge on any atom is -0.486 e. The Morgan fingerprint density at radius 1 is 1.00 bits per heavy atom. The number of benzene rings is 2. The van der Waals surface area contributed by atoms with E-state index in [0.717, 1.165) is 5.75 Å². The summed E-state index contributed by atoms with van der Waals surface area (Å²) >= 11 is 18.7. The van der Waals surface area contributed by atoms with Crippen molar-refractivity contribution in [2.45, 2.75) is 39.3 Å². The zero-order chi connectivity index (χ0) is 25.2. The lowest BCUT2D eigenvalue weighted by molar-refractivity contribution is 0.0992. The fourth-order valence-electron chi connectivity index (χ4n) is 3.36. The van der Waals surface area contributed by atoms with Crippen LogP contribution in [-0.4, -0.2) is 15.7 Å². The summed E-state index contributed by atoms with van der Waals surface area (Å²) in [6.07, 6.45) is 1.59. The predicted molar refractivity (Wildman–Crippen MR) is 139 cm³/mol. The number of ether oxygens (including phenoxy) is 1. The van der Waals surface area contributed by atoms with Crippen molar-refractivity contribution < 1.29 is 13.9 Å². The number of aromatic nitrogens is 2. The molecule has 0 spiro atoms. The van der Waals surface area contributed by atoms with Crippen molar-refractivity contribution in [3.8, 4) is 5.75 Å². The van der Waals surface area contributed by atoms with Crippen LogP contribution in [0.25, 0.3) is 0 Å². The topological polar surface area (TPSA) is 69.3 Å². The average Bonchev–Trinajstić information content (AvgIpc) is 3.41. The van der Waals surface area contributed by atoms with E-state index >= 15 is 0 Å². The Morgan fingerprint density at radius 2 is 1.69 bits per heavy atom. The molecular weight excluding hydrogens is 509 g/mol. The number of carbonyl (C=O) groups excluding carboxylic acids is 1. The fourth-order valence-corrected chi connectivity index (χ4v) is 4.08. The van der Waals surface area contributed by atoms with Crippen LogP contribution in [-0.2, 0) is 18.6 Å². The number of halogens is 3. The molecule has 4 aromatic rings. The molecule has 4 rings (SSSR count). The molecule has 35 heavy (non-hydrogen) atoms. The first-order chi connectivity index (χ1) is 16.6. The van der Waals surface area contributed by atoms with Gasteiger partial charge in [0.1, 0.15) is 23.1 Å². The van der Waals surface area contributed by atoms with Gasteiger partial charge in [-0.25, -0.2) is 0 Å². The first kappa shape index (κ1) is 25.2. The molecule has 0 aliphatic heterocycles. The first-order valence-corrected chi connectivity index (χ1v) is 12.0. The second kappa shape index (κ2) is 10.4. The fraction of sp³-hybridized carbons (Fsp3) is 0.231. The van der Waals surface area contributed by atoms with Gasteiger partial charge in [-0.15, -0.1) is 0 Å². The minimum absolute atomic E-state index is 0.0716. The van der Waals surface area contributed by atoms with E-state index in [9.17, 15) is 4.79 Å². The second-order valence-electron chi connectivity index (χ2n) is 9.01. The van der Waals surface area contributed by atoms with Gasteiger partial charge in [0.25, 0.3) is 5.91 Å². The Kier molecular flexibility index (Phi) is 7.45. The van der Waals surface area contributed by atoms with Gasteiger partial charge in [-0.1, -0.05) is 73.8 Å². The quantitative estimate of drug-likeness (QED) is 0.266. The number of carbonyl (C=O) groups is 1. The zero-order valence-electron chi connectivity index (χ0n) is 19.4. The molecular formula is C26H24Cl3N3O3. The summed E-state index contributed by atoms with van der Waals surface area (Å²) in [4.78, 5) is 12.7. The highest BCUT2D eigenvalue weighted by molar-refractivity contribution is 6.36. The average molecular weight is 533 g/mol. The third kappa shape index (κ3) is 6.20. The predicted octanol–water partition coefficient (Wildman–Crippen LogP) is 7.61. The summed E-state index contributed by atoms with van der Waals surface area (Å²) in [5.41, 5.74) is 2.00. The van der Waals surface area contributed by atoms with Crippen LogP contribution in [0.1, 0.15) is 48.2 Å². The Bertz CT molecular complexity index is 1320. The third-order valence-corrected chi connectivity index (χ3v) is 6.30. The number of amides is 1. The van der Waals surface area contributed by atoms with Gasteiger partial charge in [-0.05, 0) is 47.4 Å². The Balaban J connectivity index is 1.37. The van der Waals surface area contributed by atoms with Crippen molar-refractivity contribution in [1.29, 1.82) is 0 Å². The van der Waals surface area contributed by atoms with Crippen LogP contribution in [0.5, 0.6) is 5.75 Å². The molecule has 0 saturated heterocycles. The third-order valence-electron chi connectivity index (χ3n) is 5.32. The van der Waals surface area contributed by atoms with Gasteiger partial charge >= 0.3 is 0 Å². The molecule has 6 nitrogen and oxygen atoms in total. The van der Waals surface area contributed by atoms with Crippen LogP contribution in [0.4, 0.5) is 5.82 Å². The maximum Gasteiger partial charge on any atom is 0.292 e. The smallest absolute Gasteiger partial charge is 0.292 e. The molecule has 0 saturated carbocycles. The highest BCUT2D eigenvalue weighted by Gasteiger charge is 2.17. The number of anilines is 1. The van der Waals surface area contributed by atoms with Crippen LogP contribution in [0, 0.1) is 0 Å². The lowest BCUT2D eigenvalue weighted by Crippen LogP contribution is -2.12. The van der Waals surface area contributed by atoms with E-state index in [1.54, 1.807) is 41.2 Å². The number of hydrogen-bond acceptors (Lipinski definition) is 4. The largest absolute Gasteiger partial charge is 0.486 e. The van der Waals surface area contributed by atoms with E-state index in [0.29, 0.717) is 27.9 Å². The molecule has 2 heterocycles. The van der Waals surface area contributed by atoms with Crippen molar-refractivity contribution in [3.05, 3.63) is 98.5 Å². The zero-order valence-corrected chi connectivity index (χ0v) is 21.7. The van der Waals surface area contributed by atoms with E-state index in [1.807, 2.05) is 24.3 Å². The van der Waals surface area contributed by atoms with Gasteiger partial charge in [0.2, 0.25) is 0 Å². The van der Waals surface area contributed by atoms with E-state index in [1.165, 1.54) is 5.56 Å². The summed E-state index contributed by atoms with van der Waals surface area (Å²) in [6.45, 7) is 6.96. The number of nitrogens with zero attached hydrogens (tertiary/aromatic N) is 2. The summed E-state index contributed by atoms with van der Waals surface area (Å²) < 4.78 is 13.0. The van der Waals surface area contributed by atoms with Crippen molar-refractivity contribution in [3.63, 3.8) is 0 Å². The molecule has 2 aromatic heterocycles. The molecule has 0 aliphatic carbocycles. The van der Waals surface area contributed by atoms with Gasteiger partial charge < -0.3 is 14.5 Å². The van der Waals surface area contributed by atoms with Crippen molar-refractivity contribution in [2.75, 3.05) is 5.32 Å². The number of rotatable bonds is 7. The van der Waals surface area contributed by atoms with E-state index in [-0.39, 0.29) is 28.6 Å². The van der Waals surface area contributed by atoms with Crippen molar-refractivity contribution >= 4 is 46.5 Å². The molecule has 0 bridgehead atoms. The van der Waals surface area contributed by atoms with Crippen LogP contribution < -0.4 is 10.1 Å². The Hall–Kier alpha value is -2.93. The van der Waals surface area contributed by atoms with Gasteiger partial charge in [-0.2, -0.15) is 5.10 Å². The van der Waals surface area contributed by atoms with E-state index in [4.69, 9.17) is 44.0 Å². The van der Waals surface area contributed by atoms with Crippen molar-refractivity contribution in [1.82, 2.24) is 9.78 Å². The van der Waals surface area contributed by atoms with Crippen LogP contribution in [0.2, 0.25) is 15.1 Å². The van der Waals surface area contributed by atoms with Gasteiger partial charge in [0.05, 0.1) is 6.54 Å². The lowest BCUT2D eigenvalue weighted by Gasteiger charge is -2.19. The molecule has 0 atom stereocenters. The minimum atomic E-state index is -0.478. The molecule has 182 valence electrons. The maximum atomic E-state index is 12.7. The van der Waals surface area contributed by atoms with Gasteiger partial charge in [-0.3, -0.25) is 9.48 Å². The summed E-state index contributed by atoms with van der Waals surface area (Å²) in [6, 6.07) is 16.4. The Labute approximate surface area is 218 Å². The summed E-state index contributed by atoms with van der Waals surface area (Å²) in [5.74, 6) is 1.07. The summed E-state index contributed by atoms with van der Waals surface area (Å²) in [7, 11) is 0. The monoisotopic (exact) mass is 531 g/mol. The first-order valence-electron chi connectivity index (χ1n) is 10.9. The molecule has 1 N–H and O–H groups in total. The molecule has 0 fully saturated rings. The van der Waals surface area contributed by atoms with Crippen LogP contribution in [0.15, 0.2) is 65.2 Å². The SMILES string of the molecule is CC(C)(C)c1ccc(OCc2ccc(C(=O)Nc3nn(Cc4c(Cl)cccc4Cl)cc3Cl)o2)cc1. The molecule has 1 amide bonds. The van der Waals surface area contributed by atoms with Crippen LogP contribution >= 0.6 is 34.8 Å². The molecule has 0 unspecified atom stereocenters.